The first-order valence-electron chi connectivity index (χ1n) is 6.00. The lowest BCUT2D eigenvalue weighted by atomic mass is 9.98. The van der Waals surface area contributed by atoms with Gasteiger partial charge >= 0.3 is 0 Å². The minimum absolute atomic E-state index is 0.869. The van der Waals surface area contributed by atoms with Crippen molar-refractivity contribution in [2.24, 2.45) is 5.92 Å². The van der Waals surface area contributed by atoms with E-state index in [2.05, 4.69) is 26.8 Å². The predicted octanol–water partition coefficient (Wildman–Crippen LogP) is 0.396. The summed E-state index contributed by atoms with van der Waals surface area (Å²) >= 11 is 0. The fourth-order valence-electron chi connectivity index (χ4n) is 2.77. The molecule has 1 fully saturated rings. The molecule has 3 rings (SSSR count). The molecular formula is C12H18N4. The molecule has 0 unspecified atom stereocenters. The van der Waals surface area contributed by atoms with E-state index >= 15 is 0 Å². The lowest BCUT2D eigenvalue weighted by Gasteiger charge is -2.40. The molecule has 0 atom stereocenters. The second-order valence-electron chi connectivity index (χ2n) is 5.07. The summed E-state index contributed by atoms with van der Waals surface area (Å²) < 4.78 is 0. The zero-order valence-corrected chi connectivity index (χ0v) is 9.76. The molecule has 86 valence electrons. The molecule has 0 aliphatic carbocycles. The average Bonchev–Trinajstić information content (AvgIpc) is 2.27. The lowest BCUT2D eigenvalue weighted by Crippen LogP contribution is -2.50. The van der Waals surface area contributed by atoms with E-state index in [0.29, 0.717) is 0 Å². The molecule has 0 saturated carbocycles. The van der Waals surface area contributed by atoms with E-state index in [-0.39, 0.29) is 0 Å². The van der Waals surface area contributed by atoms with Gasteiger partial charge in [-0.15, -0.1) is 0 Å². The number of fused-ring (bicyclic) bond motifs is 1. The highest BCUT2D eigenvalue weighted by Gasteiger charge is 2.27. The van der Waals surface area contributed by atoms with Crippen molar-refractivity contribution in [1.82, 2.24) is 19.8 Å². The van der Waals surface area contributed by atoms with Gasteiger partial charge in [-0.05, 0) is 24.9 Å². The quantitative estimate of drug-likeness (QED) is 0.719. The largest absolute Gasteiger partial charge is 0.306 e. The highest BCUT2D eigenvalue weighted by atomic mass is 15.2. The molecule has 2 aliphatic heterocycles. The second-order valence-corrected chi connectivity index (χ2v) is 5.07. The normalized spacial score (nSPS) is 22.8. The highest BCUT2D eigenvalue weighted by molar-refractivity contribution is 5.18. The van der Waals surface area contributed by atoms with Gasteiger partial charge in [-0.25, -0.2) is 9.97 Å². The molecule has 0 aromatic carbocycles. The summed E-state index contributed by atoms with van der Waals surface area (Å²) in [7, 11) is 2.19. The van der Waals surface area contributed by atoms with E-state index in [9.17, 15) is 0 Å². The van der Waals surface area contributed by atoms with Crippen molar-refractivity contribution in [1.29, 1.82) is 0 Å². The van der Waals surface area contributed by atoms with Crippen molar-refractivity contribution < 1.29 is 0 Å². The molecule has 2 aliphatic rings. The minimum Gasteiger partial charge on any atom is -0.306 e. The molecule has 1 saturated heterocycles. The van der Waals surface area contributed by atoms with Crippen LogP contribution in [0.1, 0.15) is 11.3 Å². The summed E-state index contributed by atoms with van der Waals surface area (Å²) in [4.78, 5) is 13.4. The second kappa shape index (κ2) is 4.11. The zero-order chi connectivity index (χ0) is 11.0. The van der Waals surface area contributed by atoms with Crippen molar-refractivity contribution in [3.05, 3.63) is 23.8 Å². The maximum absolute atomic E-state index is 4.37. The molecule has 1 aromatic heterocycles. The smallest absolute Gasteiger partial charge is 0.115 e. The lowest BCUT2D eigenvalue weighted by molar-refractivity contribution is 0.0847. The van der Waals surface area contributed by atoms with Crippen molar-refractivity contribution in [2.45, 2.75) is 13.0 Å². The van der Waals surface area contributed by atoms with E-state index < -0.39 is 0 Å². The van der Waals surface area contributed by atoms with Crippen LogP contribution >= 0.6 is 0 Å². The van der Waals surface area contributed by atoms with Gasteiger partial charge < -0.3 is 4.90 Å². The van der Waals surface area contributed by atoms with Gasteiger partial charge in [-0.2, -0.15) is 0 Å². The van der Waals surface area contributed by atoms with Gasteiger partial charge in [0.2, 0.25) is 0 Å². The Kier molecular flexibility index (Phi) is 2.61. The van der Waals surface area contributed by atoms with Crippen LogP contribution in [0.15, 0.2) is 12.5 Å². The number of rotatable bonds is 2. The molecule has 0 radical (unpaired) electrons. The first kappa shape index (κ1) is 10.2. The summed E-state index contributed by atoms with van der Waals surface area (Å²) in [5, 5.41) is 0. The van der Waals surface area contributed by atoms with Crippen LogP contribution < -0.4 is 0 Å². The van der Waals surface area contributed by atoms with Crippen LogP contribution in [-0.2, 0) is 13.0 Å². The van der Waals surface area contributed by atoms with Crippen LogP contribution in [0.3, 0.4) is 0 Å². The van der Waals surface area contributed by atoms with Crippen molar-refractivity contribution in [2.75, 3.05) is 33.2 Å². The van der Waals surface area contributed by atoms with Gasteiger partial charge in [-0.3, -0.25) is 4.90 Å². The average molecular weight is 218 g/mol. The first-order valence-corrected chi connectivity index (χ1v) is 6.00. The first-order chi connectivity index (χ1) is 7.81. The Bertz CT molecular complexity index is 373. The summed E-state index contributed by atoms with van der Waals surface area (Å²) in [6.07, 6.45) is 4.75. The molecule has 4 heteroatoms. The molecule has 0 spiro atoms. The van der Waals surface area contributed by atoms with E-state index in [1.807, 2.05) is 6.20 Å². The fraction of sp³-hybridized carbons (Fsp3) is 0.667. The van der Waals surface area contributed by atoms with E-state index in [1.54, 1.807) is 6.33 Å². The number of aromatic nitrogens is 2. The predicted molar refractivity (Wildman–Crippen MR) is 62.0 cm³/mol. The van der Waals surface area contributed by atoms with Crippen molar-refractivity contribution >= 4 is 0 Å². The summed E-state index contributed by atoms with van der Waals surface area (Å²) in [6.45, 7) is 5.92. The van der Waals surface area contributed by atoms with Gasteiger partial charge in [0.25, 0.3) is 0 Å². The van der Waals surface area contributed by atoms with E-state index in [0.717, 1.165) is 18.9 Å². The number of likely N-dealkylation sites (tertiary alicyclic amines) is 1. The van der Waals surface area contributed by atoms with Crippen molar-refractivity contribution in [3.8, 4) is 0 Å². The molecular weight excluding hydrogens is 200 g/mol. The zero-order valence-electron chi connectivity index (χ0n) is 9.76. The monoisotopic (exact) mass is 218 g/mol. The molecule has 4 nitrogen and oxygen atoms in total. The topological polar surface area (TPSA) is 32.3 Å². The Labute approximate surface area is 96.3 Å². The van der Waals surface area contributed by atoms with Gasteiger partial charge in [0.05, 0.1) is 5.69 Å². The summed E-state index contributed by atoms with van der Waals surface area (Å²) in [5.74, 6) is 0.869. The third-order valence-electron chi connectivity index (χ3n) is 3.61. The highest BCUT2D eigenvalue weighted by Crippen LogP contribution is 2.19. The third kappa shape index (κ3) is 1.95. The third-order valence-corrected chi connectivity index (χ3v) is 3.61. The fourth-order valence-corrected chi connectivity index (χ4v) is 2.77. The summed E-state index contributed by atoms with van der Waals surface area (Å²) in [6, 6.07) is 0. The molecule has 0 N–H and O–H groups in total. The Morgan fingerprint density at radius 3 is 3.12 bits per heavy atom. The van der Waals surface area contributed by atoms with E-state index in [4.69, 9.17) is 0 Å². The Hall–Kier alpha value is -1.00. The molecule has 0 amide bonds. The Balaban J connectivity index is 1.60. The number of hydrogen-bond acceptors (Lipinski definition) is 4. The SMILES string of the molecule is CN1CC(CN2CCc3cncnc3C2)C1. The molecule has 3 heterocycles. The summed E-state index contributed by atoms with van der Waals surface area (Å²) in [5.41, 5.74) is 2.57. The Morgan fingerprint density at radius 2 is 2.31 bits per heavy atom. The van der Waals surface area contributed by atoms with Gasteiger partial charge in [0.15, 0.2) is 0 Å². The number of nitrogens with zero attached hydrogens (tertiary/aromatic N) is 4. The maximum atomic E-state index is 4.37. The van der Waals surface area contributed by atoms with Crippen LogP contribution in [0.25, 0.3) is 0 Å². The van der Waals surface area contributed by atoms with E-state index in [1.165, 1.54) is 37.4 Å². The van der Waals surface area contributed by atoms with Crippen LogP contribution in [0.4, 0.5) is 0 Å². The van der Waals surface area contributed by atoms with Gasteiger partial charge in [0.1, 0.15) is 6.33 Å². The number of hydrogen-bond donors (Lipinski definition) is 0. The van der Waals surface area contributed by atoms with Crippen molar-refractivity contribution in [3.63, 3.8) is 0 Å². The van der Waals surface area contributed by atoms with Gasteiger partial charge in [-0.1, -0.05) is 0 Å². The molecule has 16 heavy (non-hydrogen) atoms. The van der Waals surface area contributed by atoms with Crippen LogP contribution in [-0.4, -0.2) is 53.0 Å². The van der Waals surface area contributed by atoms with Crippen LogP contribution in [0.2, 0.25) is 0 Å². The standard InChI is InChI=1S/C12H18N4/c1-15-5-10(6-15)7-16-3-2-11-4-13-9-14-12(11)8-16/h4,9-10H,2-3,5-8H2,1H3. The molecule has 0 bridgehead atoms. The Morgan fingerprint density at radius 1 is 1.44 bits per heavy atom. The molecule has 1 aromatic rings. The van der Waals surface area contributed by atoms with Crippen LogP contribution in [0.5, 0.6) is 0 Å². The van der Waals surface area contributed by atoms with Gasteiger partial charge in [0, 0.05) is 38.9 Å². The minimum atomic E-state index is 0.869. The van der Waals surface area contributed by atoms with Crippen LogP contribution in [0, 0.1) is 5.92 Å². The maximum Gasteiger partial charge on any atom is 0.115 e.